The molecule has 2 aromatic rings. The number of benzene rings is 2. The number of carbonyl (C=O) groups excluding carboxylic acids is 1. The van der Waals surface area contributed by atoms with Gasteiger partial charge in [-0.2, -0.15) is 0 Å². The molecule has 28 heavy (non-hydrogen) atoms. The lowest BCUT2D eigenvalue weighted by molar-refractivity contribution is -0.120. The number of ether oxygens (including phenoxy) is 1. The Morgan fingerprint density at radius 2 is 1.79 bits per heavy atom. The molecule has 146 valence electrons. The number of nitrogens with zero attached hydrogens (tertiary/aromatic N) is 1. The molecule has 0 saturated carbocycles. The quantitative estimate of drug-likeness (QED) is 0.545. The van der Waals surface area contributed by atoms with Crippen molar-refractivity contribution in [1.29, 1.82) is 0 Å². The highest BCUT2D eigenvalue weighted by atomic mass is 35.5. The smallest absolute Gasteiger partial charge is 0.266 e. The first-order chi connectivity index (χ1) is 13.3. The summed E-state index contributed by atoms with van der Waals surface area (Å²) >= 11 is 6.51. The predicted molar refractivity (Wildman–Crippen MR) is 110 cm³/mol. The van der Waals surface area contributed by atoms with Gasteiger partial charge >= 0.3 is 0 Å². The predicted octanol–water partition coefficient (Wildman–Crippen LogP) is 3.99. The van der Waals surface area contributed by atoms with E-state index in [0.29, 0.717) is 11.3 Å². The first-order valence-electron chi connectivity index (χ1n) is 8.60. The third kappa shape index (κ3) is 3.57. The molecule has 0 aliphatic carbocycles. The van der Waals surface area contributed by atoms with Crippen LogP contribution in [0.2, 0.25) is 0 Å². The van der Waals surface area contributed by atoms with Crippen LogP contribution in [-0.2, 0) is 14.8 Å². The number of sulfonamides is 1. The second kappa shape index (κ2) is 7.81. The topological polar surface area (TPSA) is 63.7 Å². The summed E-state index contributed by atoms with van der Waals surface area (Å²) in [4.78, 5) is 13.1. The van der Waals surface area contributed by atoms with E-state index in [9.17, 15) is 13.2 Å². The molecule has 1 fully saturated rings. The fourth-order valence-corrected chi connectivity index (χ4v) is 4.79. The lowest BCUT2D eigenvalue weighted by atomic mass is 9.99. The maximum Gasteiger partial charge on any atom is 0.266 e. The highest BCUT2D eigenvalue weighted by Crippen LogP contribution is 2.37. The van der Waals surface area contributed by atoms with Crippen LogP contribution in [0.3, 0.4) is 0 Å². The van der Waals surface area contributed by atoms with E-state index < -0.39 is 21.8 Å². The van der Waals surface area contributed by atoms with Crippen molar-refractivity contribution in [3.63, 3.8) is 0 Å². The molecule has 1 saturated heterocycles. The zero-order valence-corrected chi connectivity index (χ0v) is 17.1. The standard InChI is InChI=1S/C21H20ClNO4S/c1-4-15-13-23(28(25,26)18-11-5-14(2)6-12-18)21(24)19(15)20(22)16-7-9-17(27-3)10-8-16/h4-12,15H,1,13H2,2-3H3/b20-19+. The Bertz CT molecular complexity index is 1040. The normalized spacial score (nSPS) is 18.9. The van der Waals surface area contributed by atoms with Gasteiger partial charge in [-0.1, -0.05) is 35.4 Å². The Kier molecular flexibility index (Phi) is 5.63. The van der Waals surface area contributed by atoms with Gasteiger partial charge in [-0.25, -0.2) is 12.7 Å². The van der Waals surface area contributed by atoms with Crippen LogP contribution in [0.5, 0.6) is 5.75 Å². The van der Waals surface area contributed by atoms with Gasteiger partial charge < -0.3 is 4.74 Å². The minimum absolute atomic E-state index is 0.0275. The summed E-state index contributed by atoms with van der Waals surface area (Å²) in [6.07, 6.45) is 1.55. The van der Waals surface area contributed by atoms with Crippen LogP contribution in [0.4, 0.5) is 0 Å². The first-order valence-corrected chi connectivity index (χ1v) is 10.4. The van der Waals surface area contributed by atoms with Crippen LogP contribution < -0.4 is 4.74 Å². The van der Waals surface area contributed by atoms with Crippen LogP contribution in [0.1, 0.15) is 11.1 Å². The summed E-state index contributed by atoms with van der Waals surface area (Å²) in [6.45, 7) is 5.58. The Morgan fingerprint density at radius 1 is 1.18 bits per heavy atom. The van der Waals surface area contributed by atoms with E-state index in [0.717, 1.165) is 9.87 Å². The Morgan fingerprint density at radius 3 is 2.32 bits per heavy atom. The fourth-order valence-electron chi connectivity index (χ4n) is 3.03. The molecule has 7 heteroatoms. The summed E-state index contributed by atoms with van der Waals surface area (Å²) in [5.41, 5.74) is 1.75. The van der Waals surface area contributed by atoms with Crippen molar-refractivity contribution in [2.45, 2.75) is 11.8 Å². The summed E-state index contributed by atoms with van der Waals surface area (Å²) in [7, 11) is -2.43. The highest BCUT2D eigenvalue weighted by Gasteiger charge is 2.42. The molecule has 1 unspecified atom stereocenters. The van der Waals surface area contributed by atoms with E-state index in [1.54, 1.807) is 49.6 Å². The lowest BCUT2D eigenvalue weighted by Crippen LogP contribution is -2.32. The number of carbonyl (C=O) groups is 1. The van der Waals surface area contributed by atoms with Gasteiger partial charge in [-0.3, -0.25) is 4.79 Å². The van der Waals surface area contributed by atoms with Crippen molar-refractivity contribution < 1.29 is 17.9 Å². The minimum atomic E-state index is -3.98. The van der Waals surface area contributed by atoms with Crippen LogP contribution in [-0.4, -0.2) is 32.3 Å². The second-order valence-corrected chi connectivity index (χ2v) is 8.69. The molecule has 1 heterocycles. The molecule has 0 aromatic heterocycles. The van der Waals surface area contributed by atoms with Crippen molar-refractivity contribution in [3.05, 3.63) is 77.9 Å². The van der Waals surface area contributed by atoms with E-state index in [-0.39, 0.29) is 22.0 Å². The van der Waals surface area contributed by atoms with Gasteiger partial charge in [0.05, 0.1) is 17.0 Å². The van der Waals surface area contributed by atoms with Gasteiger partial charge in [0, 0.05) is 18.0 Å². The van der Waals surface area contributed by atoms with Crippen molar-refractivity contribution in [2.75, 3.05) is 13.7 Å². The van der Waals surface area contributed by atoms with E-state index in [4.69, 9.17) is 16.3 Å². The molecule has 0 spiro atoms. The summed E-state index contributed by atoms with van der Waals surface area (Å²) in [5.74, 6) is -0.478. The first kappa shape index (κ1) is 20.2. The fraction of sp³-hybridized carbons (Fsp3) is 0.190. The van der Waals surface area contributed by atoms with E-state index in [2.05, 4.69) is 6.58 Å². The van der Waals surface area contributed by atoms with E-state index in [1.807, 2.05) is 6.92 Å². The van der Waals surface area contributed by atoms with Gasteiger partial charge in [-0.05, 0) is 48.9 Å². The Labute approximate surface area is 169 Å². The SMILES string of the molecule is C=CC1CN(S(=O)(=O)c2ccc(C)cc2)C(=O)/C1=C(/Cl)c1ccc(OC)cc1. The van der Waals surface area contributed by atoms with Gasteiger partial charge in [0.2, 0.25) is 0 Å². The molecule has 0 radical (unpaired) electrons. The van der Waals surface area contributed by atoms with E-state index >= 15 is 0 Å². The number of hydrogen-bond acceptors (Lipinski definition) is 4. The summed E-state index contributed by atoms with van der Waals surface area (Å²) < 4.78 is 32.0. The minimum Gasteiger partial charge on any atom is -0.497 e. The molecular formula is C21H20ClNO4S. The monoisotopic (exact) mass is 417 g/mol. The number of methoxy groups -OCH3 is 1. The number of aryl methyl sites for hydroxylation is 1. The molecular weight excluding hydrogens is 398 g/mol. The van der Waals surface area contributed by atoms with E-state index in [1.165, 1.54) is 12.1 Å². The maximum atomic E-state index is 13.0. The van der Waals surface area contributed by atoms with Crippen molar-refractivity contribution in [2.24, 2.45) is 5.92 Å². The molecule has 0 bridgehead atoms. The Balaban J connectivity index is 2.03. The third-order valence-corrected chi connectivity index (χ3v) is 6.85. The molecule has 2 aromatic carbocycles. The average Bonchev–Trinajstić information content (AvgIpc) is 3.05. The molecule has 0 N–H and O–H groups in total. The molecule has 3 rings (SSSR count). The molecule has 1 amide bonds. The average molecular weight is 418 g/mol. The van der Waals surface area contributed by atoms with Crippen molar-refractivity contribution in [3.8, 4) is 5.75 Å². The van der Waals surface area contributed by atoms with Crippen LogP contribution >= 0.6 is 11.6 Å². The van der Waals surface area contributed by atoms with Gasteiger partial charge in [0.1, 0.15) is 5.75 Å². The van der Waals surface area contributed by atoms with Gasteiger partial charge in [-0.15, -0.1) is 6.58 Å². The second-order valence-electron chi connectivity index (χ2n) is 6.45. The van der Waals surface area contributed by atoms with Crippen LogP contribution in [0.15, 0.2) is 71.7 Å². The summed E-state index contributed by atoms with van der Waals surface area (Å²) in [6, 6.07) is 13.3. The molecule has 5 nitrogen and oxygen atoms in total. The van der Waals surface area contributed by atoms with Crippen molar-refractivity contribution >= 4 is 32.6 Å². The lowest BCUT2D eigenvalue weighted by Gasteiger charge is -2.16. The largest absolute Gasteiger partial charge is 0.497 e. The number of amides is 1. The van der Waals surface area contributed by atoms with Crippen LogP contribution in [0, 0.1) is 12.8 Å². The third-order valence-electron chi connectivity index (χ3n) is 4.66. The molecule has 1 atom stereocenters. The molecule has 1 aliphatic rings. The number of rotatable bonds is 5. The summed E-state index contributed by atoms with van der Waals surface area (Å²) in [5, 5.41) is 0.208. The highest BCUT2D eigenvalue weighted by molar-refractivity contribution is 7.89. The van der Waals surface area contributed by atoms with Gasteiger partial charge in [0.25, 0.3) is 15.9 Å². The molecule has 1 aliphatic heterocycles. The maximum absolute atomic E-state index is 13.0. The number of halogens is 1. The Hall–Kier alpha value is -2.57. The zero-order valence-electron chi connectivity index (χ0n) is 15.6. The van der Waals surface area contributed by atoms with Gasteiger partial charge in [0.15, 0.2) is 0 Å². The number of hydrogen-bond donors (Lipinski definition) is 0. The zero-order chi connectivity index (χ0) is 20.5. The van der Waals surface area contributed by atoms with Crippen LogP contribution in [0.25, 0.3) is 5.03 Å². The van der Waals surface area contributed by atoms with Crippen molar-refractivity contribution in [1.82, 2.24) is 4.31 Å².